The standard InChI is InChI=1S/C8H10N2/c1-7(6-9)8-4-2-3-5-10-8/h2-6,9-10H,1H3/b8-7-,9-6?. The van der Waals surface area contributed by atoms with E-state index in [1.54, 1.807) is 0 Å². The summed E-state index contributed by atoms with van der Waals surface area (Å²) in [7, 11) is 0. The zero-order valence-corrected chi connectivity index (χ0v) is 5.89. The Kier molecular flexibility index (Phi) is 2.05. The highest BCUT2D eigenvalue weighted by Crippen LogP contribution is 2.02. The molecule has 0 aromatic carbocycles. The van der Waals surface area contributed by atoms with Gasteiger partial charge < -0.3 is 10.7 Å². The van der Waals surface area contributed by atoms with Crippen LogP contribution in [0.5, 0.6) is 0 Å². The molecule has 0 saturated heterocycles. The van der Waals surface area contributed by atoms with Crippen LogP contribution in [-0.2, 0) is 0 Å². The molecule has 0 atom stereocenters. The van der Waals surface area contributed by atoms with E-state index in [9.17, 15) is 0 Å². The normalized spacial score (nSPS) is 20.1. The van der Waals surface area contributed by atoms with Crippen LogP contribution in [0, 0.1) is 5.41 Å². The van der Waals surface area contributed by atoms with Crippen LogP contribution in [-0.4, -0.2) is 6.21 Å². The van der Waals surface area contributed by atoms with Gasteiger partial charge in [-0.05, 0) is 24.6 Å². The lowest BCUT2D eigenvalue weighted by Crippen LogP contribution is -2.07. The lowest BCUT2D eigenvalue weighted by atomic mass is 10.2. The number of hydrogen-bond donors (Lipinski definition) is 2. The molecule has 0 aromatic heterocycles. The molecular formula is C8H10N2. The summed E-state index contributed by atoms with van der Waals surface area (Å²) < 4.78 is 0. The van der Waals surface area contributed by atoms with E-state index in [2.05, 4.69) is 5.32 Å². The average molecular weight is 134 g/mol. The number of allylic oxidation sites excluding steroid dienone is 4. The summed E-state index contributed by atoms with van der Waals surface area (Å²) in [5.74, 6) is 0. The average Bonchev–Trinajstić information content (AvgIpc) is 2.05. The van der Waals surface area contributed by atoms with Gasteiger partial charge in [0.25, 0.3) is 0 Å². The molecule has 1 heterocycles. The Morgan fingerprint density at radius 3 is 2.90 bits per heavy atom. The van der Waals surface area contributed by atoms with Crippen molar-refractivity contribution in [2.24, 2.45) is 0 Å². The summed E-state index contributed by atoms with van der Waals surface area (Å²) in [6.07, 6.45) is 8.99. The maximum Gasteiger partial charge on any atom is 0.0424 e. The van der Waals surface area contributed by atoms with Crippen LogP contribution in [0.4, 0.5) is 0 Å². The van der Waals surface area contributed by atoms with Gasteiger partial charge >= 0.3 is 0 Å². The number of nitrogens with one attached hydrogen (secondary N) is 2. The summed E-state index contributed by atoms with van der Waals surface area (Å²) in [5, 5.41) is 9.99. The van der Waals surface area contributed by atoms with E-state index in [0.29, 0.717) is 0 Å². The number of hydrogen-bond acceptors (Lipinski definition) is 2. The van der Waals surface area contributed by atoms with E-state index < -0.39 is 0 Å². The SMILES string of the molecule is C/C(C=N)=C1\C=CC=CN1. The van der Waals surface area contributed by atoms with Crippen LogP contribution in [0.25, 0.3) is 0 Å². The molecule has 0 amide bonds. The van der Waals surface area contributed by atoms with Gasteiger partial charge in [-0.25, -0.2) is 0 Å². The van der Waals surface area contributed by atoms with Gasteiger partial charge in [-0.3, -0.25) is 0 Å². The summed E-state index contributed by atoms with van der Waals surface area (Å²) in [6.45, 7) is 1.90. The molecule has 2 nitrogen and oxygen atoms in total. The van der Waals surface area contributed by atoms with Crippen molar-refractivity contribution >= 4 is 6.21 Å². The number of dihydropyridines is 1. The zero-order chi connectivity index (χ0) is 7.40. The second-order valence-corrected chi connectivity index (χ2v) is 2.10. The van der Waals surface area contributed by atoms with Gasteiger partial charge in [-0.2, -0.15) is 0 Å². The Balaban J connectivity index is 2.84. The highest BCUT2D eigenvalue weighted by molar-refractivity contribution is 5.77. The largest absolute Gasteiger partial charge is 0.361 e. The highest BCUT2D eigenvalue weighted by atomic mass is 14.9. The van der Waals surface area contributed by atoms with E-state index in [1.165, 1.54) is 6.21 Å². The van der Waals surface area contributed by atoms with Crippen LogP contribution in [0.2, 0.25) is 0 Å². The minimum Gasteiger partial charge on any atom is -0.361 e. The Morgan fingerprint density at radius 2 is 2.40 bits per heavy atom. The second kappa shape index (κ2) is 3.01. The molecule has 2 N–H and O–H groups in total. The first-order valence-electron chi connectivity index (χ1n) is 3.15. The maximum atomic E-state index is 6.96. The minimum absolute atomic E-state index is 0.945. The van der Waals surface area contributed by atoms with Crippen molar-refractivity contribution in [1.29, 1.82) is 5.41 Å². The molecule has 0 fully saturated rings. The van der Waals surface area contributed by atoms with Gasteiger partial charge in [0.15, 0.2) is 0 Å². The summed E-state index contributed by atoms with van der Waals surface area (Å²) in [6, 6.07) is 0. The monoisotopic (exact) mass is 134 g/mol. The van der Waals surface area contributed by atoms with E-state index in [0.717, 1.165) is 11.3 Å². The smallest absolute Gasteiger partial charge is 0.0424 e. The third-order valence-corrected chi connectivity index (χ3v) is 1.35. The first-order chi connectivity index (χ1) is 4.84. The third-order valence-electron chi connectivity index (χ3n) is 1.35. The van der Waals surface area contributed by atoms with Crippen molar-refractivity contribution in [1.82, 2.24) is 5.32 Å². The zero-order valence-electron chi connectivity index (χ0n) is 5.89. The van der Waals surface area contributed by atoms with E-state index in [1.807, 2.05) is 31.4 Å². The van der Waals surface area contributed by atoms with Crippen LogP contribution in [0.15, 0.2) is 35.7 Å². The topological polar surface area (TPSA) is 35.9 Å². The molecule has 10 heavy (non-hydrogen) atoms. The highest BCUT2D eigenvalue weighted by Gasteiger charge is 1.94. The van der Waals surface area contributed by atoms with Crippen LogP contribution < -0.4 is 5.32 Å². The predicted molar refractivity (Wildman–Crippen MR) is 42.9 cm³/mol. The molecule has 1 rings (SSSR count). The molecule has 0 bridgehead atoms. The molecular weight excluding hydrogens is 124 g/mol. The summed E-state index contributed by atoms with van der Waals surface area (Å²) >= 11 is 0. The summed E-state index contributed by atoms with van der Waals surface area (Å²) in [4.78, 5) is 0. The van der Waals surface area contributed by atoms with Gasteiger partial charge in [0.2, 0.25) is 0 Å². The van der Waals surface area contributed by atoms with E-state index >= 15 is 0 Å². The minimum atomic E-state index is 0.945. The van der Waals surface area contributed by atoms with Crippen molar-refractivity contribution in [3.63, 3.8) is 0 Å². The molecule has 0 aliphatic carbocycles. The second-order valence-electron chi connectivity index (χ2n) is 2.10. The van der Waals surface area contributed by atoms with Crippen molar-refractivity contribution in [3.8, 4) is 0 Å². The fourth-order valence-corrected chi connectivity index (χ4v) is 0.716. The molecule has 1 aliphatic rings. The molecule has 52 valence electrons. The molecule has 0 aromatic rings. The molecule has 0 unspecified atom stereocenters. The molecule has 0 spiro atoms. The lowest BCUT2D eigenvalue weighted by molar-refractivity contribution is 1.08. The summed E-state index contributed by atoms with van der Waals surface area (Å²) in [5.41, 5.74) is 1.94. The fraction of sp³-hybridized carbons (Fsp3) is 0.125. The van der Waals surface area contributed by atoms with Gasteiger partial charge in [0.1, 0.15) is 0 Å². The van der Waals surface area contributed by atoms with E-state index in [-0.39, 0.29) is 0 Å². The first kappa shape index (κ1) is 6.81. The Labute approximate surface area is 60.5 Å². The van der Waals surface area contributed by atoms with Crippen LogP contribution in [0.1, 0.15) is 6.92 Å². The third kappa shape index (κ3) is 1.35. The predicted octanol–water partition coefficient (Wildman–Crippen LogP) is 1.58. The van der Waals surface area contributed by atoms with Crippen molar-refractivity contribution in [3.05, 3.63) is 35.7 Å². The lowest BCUT2D eigenvalue weighted by Gasteiger charge is -2.06. The van der Waals surface area contributed by atoms with Gasteiger partial charge in [0, 0.05) is 18.1 Å². The number of rotatable bonds is 1. The van der Waals surface area contributed by atoms with Crippen molar-refractivity contribution in [2.45, 2.75) is 6.92 Å². The fourth-order valence-electron chi connectivity index (χ4n) is 0.716. The van der Waals surface area contributed by atoms with Crippen LogP contribution >= 0.6 is 0 Å². The maximum absolute atomic E-state index is 6.96. The van der Waals surface area contributed by atoms with Crippen molar-refractivity contribution < 1.29 is 0 Å². The molecule has 1 aliphatic heterocycles. The van der Waals surface area contributed by atoms with Gasteiger partial charge in [-0.15, -0.1) is 0 Å². The molecule has 0 radical (unpaired) electrons. The van der Waals surface area contributed by atoms with Crippen LogP contribution in [0.3, 0.4) is 0 Å². The Morgan fingerprint density at radius 1 is 1.60 bits per heavy atom. The van der Waals surface area contributed by atoms with Gasteiger partial charge in [0.05, 0.1) is 0 Å². The molecule has 2 heteroatoms. The first-order valence-corrected chi connectivity index (χ1v) is 3.15. The Bertz CT molecular complexity index is 221. The molecule has 0 saturated carbocycles. The quantitative estimate of drug-likeness (QED) is 0.525. The van der Waals surface area contributed by atoms with Crippen molar-refractivity contribution in [2.75, 3.05) is 0 Å². The van der Waals surface area contributed by atoms with Gasteiger partial charge in [-0.1, -0.05) is 6.08 Å². The Hall–Kier alpha value is -1.31. The van der Waals surface area contributed by atoms with E-state index in [4.69, 9.17) is 5.41 Å².